The minimum atomic E-state index is 0.0344. The van der Waals surface area contributed by atoms with Crippen molar-refractivity contribution >= 4 is 38.3 Å². The van der Waals surface area contributed by atoms with Gasteiger partial charge in [-0.25, -0.2) is 4.98 Å². The molecule has 1 aromatic carbocycles. The number of nitrogens with zero attached hydrogens (tertiary/aromatic N) is 2. The number of nitrogen functional groups attached to an aromatic ring is 1. The highest BCUT2D eigenvalue weighted by Crippen LogP contribution is 2.29. The number of nitrogens with two attached hydrogens (primary N) is 1. The van der Waals surface area contributed by atoms with Gasteiger partial charge in [-0.2, -0.15) is 0 Å². The Labute approximate surface area is 110 Å². The van der Waals surface area contributed by atoms with Crippen molar-refractivity contribution in [1.82, 2.24) is 10.3 Å². The highest BCUT2D eigenvalue weighted by Gasteiger charge is 2.09. The lowest BCUT2D eigenvalue weighted by atomic mass is 10.3. The molecule has 0 saturated heterocycles. The summed E-state index contributed by atoms with van der Waals surface area (Å²) in [5, 5.41) is 3.51. The van der Waals surface area contributed by atoms with Gasteiger partial charge in [-0.05, 0) is 18.2 Å². The lowest BCUT2D eigenvalue weighted by molar-refractivity contribution is -0.120. The van der Waals surface area contributed by atoms with Crippen molar-refractivity contribution in [2.45, 2.75) is 6.42 Å². The average molecular weight is 264 g/mol. The summed E-state index contributed by atoms with van der Waals surface area (Å²) in [6.07, 6.45) is 0.463. The van der Waals surface area contributed by atoms with Gasteiger partial charge in [-0.1, -0.05) is 11.3 Å². The number of amides is 1. The van der Waals surface area contributed by atoms with Crippen LogP contribution in [0.4, 0.5) is 10.8 Å². The van der Waals surface area contributed by atoms with Crippen molar-refractivity contribution in [1.29, 1.82) is 0 Å². The topological polar surface area (TPSA) is 71.2 Å². The monoisotopic (exact) mass is 264 g/mol. The Morgan fingerprint density at radius 3 is 3.06 bits per heavy atom. The van der Waals surface area contributed by atoms with Crippen LogP contribution < -0.4 is 16.0 Å². The molecule has 0 spiro atoms. The summed E-state index contributed by atoms with van der Waals surface area (Å²) in [5.41, 5.74) is 7.42. The van der Waals surface area contributed by atoms with Gasteiger partial charge in [0.25, 0.3) is 0 Å². The summed E-state index contributed by atoms with van der Waals surface area (Å²) in [5.74, 6) is 0.0344. The number of benzene rings is 1. The van der Waals surface area contributed by atoms with Crippen LogP contribution in [0.25, 0.3) is 10.2 Å². The zero-order valence-corrected chi connectivity index (χ0v) is 11.3. The van der Waals surface area contributed by atoms with E-state index in [4.69, 9.17) is 5.73 Å². The van der Waals surface area contributed by atoms with E-state index in [9.17, 15) is 4.79 Å². The zero-order chi connectivity index (χ0) is 13.1. The number of carbonyl (C=O) groups is 1. The van der Waals surface area contributed by atoms with Gasteiger partial charge < -0.3 is 16.0 Å². The molecule has 96 valence electrons. The minimum absolute atomic E-state index is 0.0344. The number of nitrogens with one attached hydrogen (secondary N) is 1. The van der Waals surface area contributed by atoms with Gasteiger partial charge in [0.05, 0.1) is 10.2 Å². The maximum absolute atomic E-state index is 11.2. The number of rotatable bonds is 4. The van der Waals surface area contributed by atoms with Crippen LogP contribution in [0.5, 0.6) is 0 Å². The van der Waals surface area contributed by atoms with Crippen molar-refractivity contribution in [2.24, 2.45) is 0 Å². The number of carbonyl (C=O) groups excluding carboxylic acids is 1. The Morgan fingerprint density at radius 2 is 2.33 bits per heavy atom. The van der Waals surface area contributed by atoms with E-state index < -0.39 is 0 Å². The van der Waals surface area contributed by atoms with E-state index in [0.717, 1.165) is 21.0 Å². The first kappa shape index (κ1) is 12.6. The third-order valence-electron chi connectivity index (χ3n) is 2.68. The maximum Gasteiger partial charge on any atom is 0.221 e. The molecule has 0 radical (unpaired) electrons. The second-order valence-corrected chi connectivity index (χ2v) is 5.08. The Kier molecular flexibility index (Phi) is 3.66. The molecule has 1 amide bonds. The van der Waals surface area contributed by atoms with E-state index in [1.54, 1.807) is 18.4 Å². The Balaban J connectivity index is 2.13. The van der Waals surface area contributed by atoms with Crippen LogP contribution in [0.3, 0.4) is 0 Å². The van der Waals surface area contributed by atoms with E-state index in [1.807, 2.05) is 30.1 Å². The summed E-state index contributed by atoms with van der Waals surface area (Å²) >= 11 is 1.58. The van der Waals surface area contributed by atoms with Crippen molar-refractivity contribution in [2.75, 3.05) is 31.3 Å². The molecule has 2 rings (SSSR count). The zero-order valence-electron chi connectivity index (χ0n) is 10.4. The molecule has 5 nitrogen and oxygen atoms in total. The van der Waals surface area contributed by atoms with Crippen LogP contribution in [0.2, 0.25) is 0 Å². The smallest absolute Gasteiger partial charge is 0.221 e. The Morgan fingerprint density at radius 1 is 1.56 bits per heavy atom. The fraction of sp³-hybridized carbons (Fsp3) is 0.333. The molecule has 0 fully saturated rings. The SMILES string of the molecule is CNC(=O)CCN(C)c1nc2ccc(N)cc2s1. The molecule has 1 aromatic heterocycles. The minimum Gasteiger partial charge on any atom is -0.399 e. The standard InChI is InChI=1S/C12H16N4OS/c1-14-11(17)5-6-16(2)12-15-9-4-3-8(13)7-10(9)18-12/h3-4,7H,5-6,13H2,1-2H3,(H,14,17). The van der Waals surface area contributed by atoms with E-state index in [0.29, 0.717) is 13.0 Å². The second-order valence-electron chi connectivity index (χ2n) is 4.07. The van der Waals surface area contributed by atoms with E-state index in [1.165, 1.54) is 0 Å². The first-order valence-electron chi connectivity index (χ1n) is 5.68. The van der Waals surface area contributed by atoms with Gasteiger partial charge in [0.15, 0.2) is 5.13 Å². The number of hydrogen-bond acceptors (Lipinski definition) is 5. The fourth-order valence-corrected chi connectivity index (χ4v) is 2.58. The predicted molar refractivity (Wildman–Crippen MR) is 76.0 cm³/mol. The Bertz CT molecular complexity index is 566. The van der Waals surface area contributed by atoms with E-state index >= 15 is 0 Å². The first-order chi connectivity index (χ1) is 8.60. The molecule has 1 heterocycles. The number of hydrogen-bond donors (Lipinski definition) is 2. The second kappa shape index (κ2) is 5.22. The van der Waals surface area contributed by atoms with E-state index in [-0.39, 0.29) is 5.91 Å². The summed E-state index contributed by atoms with van der Waals surface area (Å²) in [6.45, 7) is 0.648. The lowest BCUT2D eigenvalue weighted by Gasteiger charge is -2.14. The van der Waals surface area contributed by atoms with E-state index in [2.05, 4.69) is 10.3 Å². The van der Waals surface area contributed by atoms with Gasteiger partial charge in [0.2, 0.25) is 5.91 Å². The molecule has 0 aliphatic rings. The molecule has 0 bridgehead atoms. The third-order valence-corrected chi connectivity index (χ3v) is 3.81. The molecule has 0 aliphatic heterocycles. The summed E-state index contributed by atoms with van der Waals surface area (Å²) in [4.78, 5) is 17.7. The van der Waals surface area contributed by atoms with Gasteiger partial charge in [-0.3, -0.25) is 4.79 Å². The highest BCUT2D eigenvalue weighted by molar-refractivity contribution is 7.22. The van der Waals surface area contributed by atoms with Crippen molar-refractivity contribution in [3.63, 3.8) is 0 Å². The van der Waals surface area contributed by atoms with Crippen molar-refractivity contribution in [3.05, 3.63) is 18.2 Å². The number of anilines is 2. The lowest BCUT2D eigenvalue weighted by Crippen LogP contribution is -2.26. The van der Waals surface area contributed by atoms with Crippen LogP contribution in [-0.2, 0) is 4.79 Å². The number of thiazole rings is 1. The Hall–Kier alpha value is -1.82. The van der Waals surface area contributed by atoms with Crippen LogP contribution in [0.1, 0.15) is 6.42 Å². The molecule has 0 unspecified atom stereocenters. The summed E-state index contributed by atoms with van der Waals surface area (Å²) < 4.78 is 1.07. The average Bonchev–Trinajstić information content (AvgIpc) is 2.78. The molecule has 0 saturated carbocycles. The maximum atomic E-state index is 11.2. The van der Waals surface area contributed by atoms with Gasteiger partial charge in [0.1, 0.15) is 0 Å². The molecular weight excluding hydrogens is 248 g/mol. The largest absolute Gasteiger partial charge is 0.399 e. The first-order valence-corrected chi connectivity index (χ1v) is 6.49. The third kappa shape index (κ3) is 2.70. The fourth-order valence-electron chi connectivity index (χ4n) is 1.58. The van der Waals surface area contributed by atoms with Crippen LogP contribution in [-0.4, -0.2) is 31.5 Å². The summed E-state index contributed by atoms with van der Waals surface area (Å²) in [7, 11) is 3.58. The van der Waals surface area contributed by atoms with Gasteiger partial charge >= 0.3 is 0 Å². The molecule has 18 heavy (non-hydrogen) atoms. The molecule has 6 heteroatoms. The van der Waals surface area contributed by atoms with Crippen molar-refractivity contribution < 1.29 is 4.79 Å². The van der Waals surface area contributed by atoms with Crippen molar-refractivity contribution in [3.8, 4) is 0 Å². The quantitative estimate of drug-likeness (QED) is 0.820. The molecule has 3 N–H and O–H groups in total. The van der Waals surface area contributed by atoms with Crippen LogP contribution in [0, 0.1) is 0 Å². The van der Waals surface area contributed by atoms with Crippen LogP contribution >= 0.6 is 11.3 Å². The van der Waals surface area contributed by atoms with Gasteiger partial charge in [-0.15, -0.1) is 0 Å². The molecule has 2 aromatic rings. The van der Waals surface area contributed by atoms with Crippen LogP contribution in [0.15, 0.2) is 18.2 Å². The normalized spacial score (nSPS) is 10.6. The molecule has 0 aliphatic carbocycles. The number of aromatic nitrogens is 1. The van der Waals surface area contributed by atoms with Gasteiger partial charge in [0, 0.05) is 32.7 Å². The summed E-state index contributed by atoms with van der Waals surface area (Å²) in [6, 6.07) is 5.68. The molecule has 0 atom stereocenters. The molecular formula is C12H16N4OS. The highest BCUT2D eigenvalue weighted by atomic mass is 32.1. The number of fused-ring (bicyclic) bond motifs is 1. The predicted octanol–water partition coefficient (Wildman–Crippen LogP) is 1.45.